The quantitative estimate of drug-likeness (QED) is 0.155. The average molecular weight is 723 g/mol. The third-order valence-corrected chi connectivity index (χ3v) is 5.70. The average Bonchev–Trinajstić information content (AvgIpc) is 2.96. The molecule has 0 aliphatic heterocycles. The number of carbonyl (C=O) groups is 8. The van der Waals surface area contributed by atoms with Gasteiger partial charge in [-0.1, -0.05) is 55.4 Å². The van der Waals surface area contributed by atoms with E-state index in [0.717, 1.165) is 0 Å². The van der Waals surface area contributed by atoms with Crippen LogP contribution in [0.25, 0.3) is 0 Å². The zero-order valence-electron chi connectivity index (χ0n) is 32.0. The predicted octanol–water partition coefficient (Wildman–Crippen LogP) is 3.52. The minimum Gasteiger partial charge on any atom is -0.465 e. The van der Waals surface area contributed by atoms with Gasteiger partial charge in [0.15, 0.2) is 12.2 Å². The molecule has 0 aromatic heterocycles. The van der Waals surface area contributed by atoms with E-state index in [-0.39, 0.29) is 68.8 Å². The summed E-state index contributed by atoms with van der Waals surface area (Å²) in [5, 5.41) is 0. The first kappa shape index (κ1) is 50.1. The Kier molecular flexibility index (Phi) is 26.7. The van der Waals surface area contributed by atoms with Crippen molar-refractivity contribution < 1.29 is 76.3 Å². The molecule has 0 aromatic carbocycles. The Morgan fingerprint density at radius 3 is 0.960 bits per heavy atom. The van der Waals surface area contributed by atoms with Crippen molar-refractivity contribution in [2.45, 2.75) is 115 Å². The first-order chi connectivity index (χ1) is 22.8. The zero-order chi connectivity index (χ0) is 39.8. The van der Waals surface area contributed by atoms with E-state index in [1.54, 1.807) is 13.8 Å². The van der Waals surface area contributed by atoms with Crippen LogP contribution < -0.4 is 0 Å². The van der Waals surface area contributed by atoms with E-state index in [2.05, 4.69) is 18.9 Å². The Bertz CT molecular complexity index is 1000. The van der Waals surface area contributed by atoms with E-state index in [9.17, 15) is 38.4 Å². The van der Waals surface area contributed by atoms with Crippen molar-refractivity contribution in [3.8, 4) is 0 Å². The molecule has 0 aliphatic rings. The van der Waals surface area contributed by atoms with Crippen LogP contribution in [-0.4, -0.2) is 99.1 Å². The molecule has 0 saturated heterocycles. The molecule has 0 amide bonds. The lowest BCUT2D eigenvalue weighted by molar-refractivity contribution is -0.169. The van der Waals surface area contributed by atoms with Gasteiger partial charge in [-0.15, -0.1) is 0 Å². The highest BCUT2D eigenvalue weighted by Gasteiger charge is 2.37. The molecule has 0 rings (SSSR count). The smallest absolute Gasteiger partial charge is 0.308 e. The second-order valence-electron chi connectivity index (χ2n) is 12.7. The summed E-state index contributed by atoms with van der Waals surface area (Å²) in [6.45, 7) is 22.3. The Labute approximate surface area is 295 Å². The van der Waals surface area contributed by atoms with Gasteiger partial charge >= 0.3 is 47.8 Å². The maximum atomic E-state index is 11.8. The van der Waals surface area contributed by atoms with Crippen LogP contribution in [0.5, 0.6) is 0 Å². The fourth-order valence-corrected chi connectivity index (χ4v) is 3.51. The summed E-state index contributed by atoms with van der Waals surface area (Å²) in [5.41, 5.74) is -0.413. The molecule has 50 heavy (non-hydrogen) atoms. The minimum atomic E-state index is -0.754. The highest BCUT2D eigenvalue weighted by molar-refractivity contribution is 5.72. The lowest BCUT2D eigenvalue weighted by Gasteiger charge is -2.36. The van der Waals surface area contributed by atoms with Crippen molar-refractivity contribution >= 4 is 47.8 Å². The van der Waals surface area contributed by atoms with Crippen LogP contribution >= 0.6 is 0 Å². The second-order valence-corrected chi connectivity index (χ2v) is 12.7. The van der Waals surface area contributed by atoms with Gasteiger partial charge in [0.2, 0.25) is 0 Å². The SMILES string of the molecule is CC(=O)OCC(COC(C)=O)OC(C)=O.CC(=O)OCC(COC(C)=O)OC(C)=O.CC(C)C(=O)OCC(C)(C)C(OC(=O)C(C)C)C(C)C. The van der Waals surface area contributed by atoms with Gasteiger partial charge in [-0.05, 0) is 5.92 Å². The van der Waals surface area contributed by atoms with Gasteiger partial charge in [-0.25, -0.2) is 0 Å². The van der Waals surface area contributed by atoms with E-state index in [0.29, 0.717) is 0 Å². The maximum Gasteiger partial charge on any atom is 0.308 e. The maximum absolute atomic E-state index is 11.8. The number of hydrogen-bond donors (Lipinski definition) is 0. The van der Waals surface area contributed by atoms with Gasteiger partial charge in [-0.3, -0.25) is 38.4 Å². The van der Waals surface area contributed by atoms with E-state index in [4.69, 9.17) is 18.9 Å². The molecule has 1 atom stereocenters. The van der Waals surface area contributed by atoms with Crippen LogP contribution in [0.15, 0.2) is 0 Å². The lowest BCUT2D eigenvalue weighted by Crippen LogP contribution is -2.42. The molecule has 0 aliphatic carbocycles. The summed E-state index contributed by atoms with van der Waals surface area (Å²) in [4.78, 5) is 86.7. The molecule has 0 bridgehead atoms. The molecule has 16 nitrogen and oxygen atoms in total. The monoisotopic (exact) mass is 722 g/mol. The normalized spacial score (nSPS) is 11.3. The van der Waals surface area contributed by atoms with Gasteiger partial charge in [0.05, 0.1) is 18.4 Å². The molecule has 0 spiro atoms. The molecule has 0 radical (unpaired) electrons. The standard InChI is InChI=1S/C16H30O4.2C9H14O6/c1-10(2)13(20-15(18)12(5)6)16(7,8)9-19-14(17)11(3)4;2*1-6(10)13-4-9(15-8(3)12)5-14-7(2)11/h10-13H,9H2,1-8H3;2*9H,4-5H2,1-3H3. The van der Waals surface area contributed by atoms with Crippen LogP contribution in [0.1, 0.15) is 96.9 Å². The number of hydrogen-bond acceptors (Lipinski definition) is 16. The predicted molar refractivity (Wildman–Crippen MR) is 177 cm³/mol. The molecule has 0 aromatic rings. The van der Waals surface area contributed by atoms with Gasteiger partial charge in [0, 0.05) is 47.0 Å². The summed E-state index contributed by atoms with van der Waals surface area (Å²) in [7, 11) is 0. The fraction of sp³-hybridized carbons (Fsp3) is 0.765. The third-order valence-electron chi connectivity index (χ3n) is 5.70. The molecule has 290 valence electrons. The molecule has 0 saturated carbocycles. The van der Waals surface area contributed by atoms with Gasteiger partial charge in [0.1, 0.15) is 32.5 Å². The largest absolute Gasteiger partial charge is 0.465 e. The first-order valence-electron chi connectivity index (χ1n) is 16.1. The second kappa shape index (κ2) is 26.6. The number of rotatable bonds is 17. The summed E-state index contributed by atoms with van der Waals surface area (Å²) in [6, 6.07) is 0. The van der Waals surface area contributed by atoms with Crippen molar-refractivity contribution in [2.24, 2.45) is 23.2 Å². The lowest BCUT2D eigenvalue weighted by atomic mass is 9.81. The van der Waals surface area contributed by atoms with E-state index < -0.39 is 53.4 Å². The van der Waals surface area contributed by atoms with Gasteiger partial charge in [0.25, 0.3) is 0 Å². The molecule has 0 heterocycles. The van der Waals surface area contributed by atoms with Crippen LogP contribution in [0.2, 0.25) is 0 Å². The Balaban J connectivity index is -0.000000674. The van der Waals surface area contributed by atoms with Crippen LogP contribution in [0.3, 0.4) is 0 Å². The van der Waals surface area contributed by atoms with E-state index in [1.807, 2.05) is 41.5 Å². The zero-order valence-corrected chi connectivity index (χ0v) is 32.0. The summed E-state index contributed by atoms with van der Waals surface area (Å²) >= 11 is 0. The van der Waals surface area contributed by atoms with E-state index in [1.165, 1.54) is 41.5 Å². The molecule has 16 heteroatoms. The molecular formula is C34H58O16. The summed E-state index contributed by atoms with van der Waals surface area (Å²) in [6.07, 6.45) is -1.79. The highest BCUT2D eigenvalue weighted by atomic mass is 16.6. The highest BCUT2D eigenvalue weighted by Crippen LogP contribution is 2.30. The van der Waals surface area contributed by atoms with Crippen molar-refractivity contribution in [1.29, 1.82) is 0 Å². The third kappa shape index (κ3) is 29.9. The van der Waals surface area contributed by atoms with Gasteiger partial charge in [-0.2, -0.15) is 0 Å². The van der Waals surface area contributed by atoms with Crippen molar-refractivity contribution in [3.63, 3.8) is 0 Å². The molecule has 0 fully saturated rings. The minimum absolute atomic E-state index is 0.123. The number of carbonyl (C=O) groups excluding carboxylic acids is 8. The Morgan fingerprint density at radius 2 is 0.740 bits per heavy atom. The van der Waals surface area contributed by atoms with Crippen LogP contribution in [0, 0.1) is 23.2 Å². The molecular weight excluding hydrogens is 664 g/mol. The Morgan fingerprint density at radius 1 is 0.440 bits per heavy atom. The first-order valence-corrected chi connectivity index (χ1v) is 16.1. The molecule has 1 unspecified atom stereocenters. The van der Waals surface area contributed by atoms with Crippen LogP contribution in [-0.2, 0) is 76.3 Å². The molecule has 0 N–H and O–H groups in total. The summed E-state index contributed by atoms with van der Waals surface area (Å²) in [5.74, 6) is -3.62. The van der Waals surface area contributed by atoms with Crippen molar-refractivity contribution in [2.75, 3.05) is 33.0 Å². The van der Waals surface area contributed by atoms with Gasteiger partial charge < -0.3 is 37.9 Å². The number of ether oxygens (including phenoxy) is 8. The fourth-order valence-electron chi connectivity index (χ4n) is 3.51. The summed E-state index contributed by atoms with van der Waals surface area (Å²) < 4.78 is 38.9. The number of esters is 8. The van der Waals surface area contributed by atoms with Crippen molar-refractivity contribution in [1.82, 2.24) is 0 Å². The Hall–Kier alpha value is -4.24. The van der Waals surface area contributed by atoms with E-state index >= 15 is 0 Å². The van der Waals surface area contributed by atoms with Crippen molar-refractivity contribution in [3.05, 3.63) is 0 Å². The van der Waals surface area contributed by atoms with Crippen LogP contribution in [0.4, 0.5) is 0 Å². The topological polar surface area (TPSA) is 210 Å².